The third kappa shape index (κ3) is 5.29. The van der Waals surface area contributed by atoms with Crippen molar-refractivity contribution in [3.05, 3.63) is 78.4 Å². The fourth-order valence-electron chi connectivity index (χ4n) is 2.17. The summed E-state index contributed by atoms with van der Waals surface area (Å²) in [6, 6.07) is 21.7. The summed E-state index contributed by atoms with van der Waals surface area (Å²) in [7, 11) is 0. The Kier molecular flexibility index (Phi) is 5.96. The number of amides is 1. The van der Waals surface area contributed by atoms with Crippen LogP contribution < -0.4 is 5.43 Å². The molecule has 0 aliphatic rings. The van der Waals surface area contributed by atoms with Crippen molar-refractivity contribution in [1.82, 2.24) is 10.4 Å². The molecule has 4 nitrogen and oxygen atoms in total. The first-order valence-electron chi connectivity index (χ1n) is 7.83. The first-order chi connectivity index (χ1) is 12.3. The number of hydrogen-bond acceptors (Lipinski definition) is 4. The highest BCUT2D eigenvalue weighted by atomic mass is 32.2. The zero-order valence-electron chi connectivity index (χ0n) is 13.5. The second kappa shape index (κ2) is 8.80. The smallest absolute Gasteiger partial charge is 0.250 e. The van der Waals surface area contributed by atoms with E-state index in [9.17, 15) is 4.79 Å². The molecule has 5 heteroatoms. The molecule has 0 aliphatic carbocycles. The summed E-state index contributed by atoms with van der Waals surface area (Å²) in [6.07, 6.45) is 5.26. The van der Waals surface area contributed by atoms with E-state index in [4.69, 9.17) is 0 Å². The molecule has 1 amide bonds. The molecule has 0 bridgehead atoms. The topological polar surface area (TPSA) is 54.4 Å². The van der Waals surface area contributed by atoms with Gasteiger partial charge < -0.3 is 0 Å². The van der Waals surface area contributed by atoms with Crippen molar-refractivity contribution >= 4 is 40.9 Å². The van der Waals surface area contributed by atoms with Gasteiger partial charge in [-0.05, 0) is 23.8 Å². The number of nitrogens with zero attached hydrogens (tertiary/aromatic N) is 2. The van der Waals surface area contributed by atoms with Gasteiger partial charge >= 0.3 is 0 Å². The minimum Gasteiger partial charge on any atom is -0.272 e. The van der Waals surface area contributed by atoms with Crippen LogP contribution in [-0.4, -0.2) is 22.9 Å². The van der Waals surface area contributed by atoms with Crippen molar-refractivity contribution in [3.8, 4) is 0 Å². The predicted octanol–water partition coefficient (Wildman–Crippen LogP) is 4.14. The summed E-state index contributed by atoms with van der Waals surface area (Å²) in [5.41, 5.74) is 4.52. The first kappa shape index (κ1) is 16.9. The van der Waals surface area contributed by atoms with Crippen molar-refractivity contribution in [2.75, 3.05) is 5.75 Å². The highest BCUT2D eigenvalue weighted by Crippen LogP contribution is 2.19. The molecule has 0 aliphatic heterocycles. The molecule has 3 aromatic rings. The molecule has 0 fully saturated rings. The van der Waals surface area contributed by atoms with Gasteiger partial charge in [0.15, 0.2) is 0 Å². The number of fused-ring (bicyclic) bond motifs is 1. The molecule has 124 valence electrons. The summed E-state index contributed by atoms with van der Waals surface area (Å²) in [5.74, 6) is 0.106. The number of para-hydroxylation sites is 1. The highest BCUT2D eigenvalue weighted by Gasteiger charge is 2.03. The third-order valence-electron chi connectivity index (χ3n) is 3.36. The molecule has 0 saturated heterocycles. The number of hydrazone groups is 1. The van der Waals surface area contributed by atoms with Gasteiger partial charge in [-0.2, -0.15) is 5.10 Å². The van der Waals surface area contributed by atoms with Gasteiger partial charge in [-0.25, -0.2) is 10.4 Å². The normalized spacial score (nSPS) is 11.4. The quantitative estimate of drug-likeness (QED) is 0.414. The van der Waals surface area contributed by atoms with Crippen LogP contribution in [0.15, 0.2) is 82.9 Å². The van der Waals surface area contributed by atoms with E-state index < -0.39 is 0 Å². The molecule has 25 heavy (non-hydrogen) atoms. The Morgan fingerprint density at radius 3 is 2.72 bits per heavy atom. The van der Waals surface area contributed by atoms with Crippen molar-refractivity contribution in [2.45, 2.75) is 5.03 Å². The first-order valence-corrected chi connectivity index (χ1v) is 8.82. The molecule has 0 unspecified atom stereocenters. The lowest BCUT2D eigenvalue weighted by Crippen LogP contribution is -2.19. The maximum absolute atomic E-state index is 11.8. The predicted molar refractivity (Wildman–Crippen MR) is 105 cm³/mol. The maximum atomic E-state index is 11.8. The van der Waals surface area contributed by atoms with Gasteiger partial charge in [0.1, 0.15) is 0 Å². The molecule has 3 rings (SSSR count). The van der Waals surface area contributed by atoms with Gasteiger partial charge in [0.25, 0.3) is 0 Å². The minimum atomic E-state index is -0.163. The Hall–Kier alpha value is -2.92. The number of aromatic nitrogens is 1. The molecule has 1 N–H and O–H groups in total. The standard InChI is InChI=1S/C20H17N3OS/c24-19(23-21-14-6-9-16-7-2-1-3-8-16)15-25-20-13-12-17-10-4-5-11-18(17)22-20/h1-14H,15H2,(H,23,24). The Bertz CT molecular complexity index is 907. The van der Waals surface area contributed by atoms with E-state index in [0.29, 0.717) is 0 Å². The minimum absolute atomic E-state index is 0.163. The van der Waals surface area contributed by atoms with E-state index in [1.165, 1.54) is 11.8 Å². The van der Waals surface area contributed by atoms with E-state index >= 15 is 0 Å². The van der Waals surface area contributed by atoms with Crippen LogP contribution in [0.1, 0.15) is 5.56 Å². The van der Waals surface area contributed by atoms with E-state index in [-0.39, 0.29) is 11.7 Å². The lowest BCUT2D eigenvalue weighted by atomic mass is 10.2. The van der Waals surface area contributed by atoms with Crippen LogP contribution in [0.4, 0.5) is 0 Å². The molecule has 0 radical (unpaired) electrons. The number of carbonyl (C=O) groups is 1. The number of benzene rings is 2. The van der Waals surface area contributed by atoms with Crippen molar-refractivity contribution < 1.29 is 4.79 Å². The van der Waals surface area contributed by atoms with Crippen molar-refractivity contribution in [2.24, 2.45) is 5.10 Å². The second-order valence-corrected chi connectivity index (χ2v) is 6.21. The Balaban J connectivity index is 1.45. The maximum Gasteiger partial charge on any atom is 0.250 e. The van der Waals surface area contributed by atoms with Gasteiger partial charge in [0, 0.05) is 11.6 Å². The van der Waals surface area contributed by atoms with Crippen LogP contribution in [0.25, 0.3) is 17.0 Å². The molecular formula is C20H17N3OS. The van der Waals surface area contributed by atoms with E-state index in [0.717, 1.165) is 21.5 Å². The summed E-state index contributed by atoms with van der Waals surface area (Å²) in [6.45, 7) is 0. The molecule has 1 heterocycles. The van der Waals surface area contributed by atoms with Crippen LogP contribution in [0.2, 0.25) is 0 Å². The van der Waals surface area contributed by atoms with Crippen molar-refractivity contribution in [3.63, 3.8) is 0 Å². The number of rotatable bonds is 6. The Morgan fingerprint density at radius 1 is 1.04 bits per heavy atom. The average Bonchev–Trinajstić information content (AvgIpc) is 2.67. The third-order valence-corrected chi connectivity index (χ3v) is 4.29. The van der Waals surface area contributed by atoms with Crippen LogP contribution in [0.5, 0.6) is 0 Å². The van der Waals surface area contributed by atoms with Crippen molar-refractivity contribution in [1.29, 1.82) is 0 Å². The van der Waals surface area contributed by atoms with Crippen LogP contribution >= 0.6 is 11.8 Å². The summed E-state index contributed by atoms with van der Waals surface area (Å²) >= 11 is 1.39. The average molecular weight is 347 g/mol. The fraction of sp³-hybridized carbons (Fsp3) is 0.0500. The van der Waals surface area contributed by atoms with Crippen LogP contribution in [0.3, 0.4) is 0 Å². The molecule has 1 aromatic heterocycles. The monoisotopic (exact) mass is 347 g/mol. The van der Waals surface area contributed by atoms with E-state index in [1.807, 2.05) is 72.8 Å². The highest BCUT2D eigenvalue weighted by molar-refractivity contribution is 7.99. The van der Waals surface area contributed by atoms with Crippen LogP contribution in [-0.2, 0) is 4.79 Å². The molecule has 0 spiro atoms. The zero-order chi connectivity index (χ0) is 17.3. The molecular weight excluding hydrogens is 330 g/mol. The fourth-order valence-corrected chi connectivity index (χ4v) is 2.84. The van der Waals surface area contributed by atoms with Gasteiger partial charge in [0.2, 0.25) is 5.91 Å². The Morgan fingerprint density at radius 2 is 1.84 bits per heavy atom. The lowest BCUT2D eigenvalue weighted by Gasteiger charge is -2.02. The lowest BCUT2D eigenvalue weighted by molar-refractivity contribution is -0.118. The van der Waals surface area contributed by atoms with Gasteiger partial charge in [-0.3, -0.25) is 4.79 Å². The number of nitrogens with one attached hydrogen (secondary N) is 1. The van der Waals surface area contributed by atoms with E-state index in [1.54, 1.807) is 12.3 Å². The summed E-state index contributed by atoms with van der Waals surface area (Å²) in [5, 5.41) is 5.81. The number of pyridine rings is 1. The molecule has 0 atom stereocenters. The van der Waals surface area contributed by atoms with E-state index in [2.05, 4.69) is 15.5 Å². The van der Waals surface area contributed by atoms with Gasteiger partial charge in [0.05, 0.1) is 16.3 Å². The number of allylic oxidation sites excluding steroid dienone is 1. The molecule has 2 aromatic carbocycles. The van der Waals surface area contributed by atoms with Gasteiger partial charge in [-0.1, -0.05) is 72.4 Å². The summed E-state index contributed by atoms with van der Waals surface area (Å²) in [4.78, 5) is 16.3. The van der Waals surface area contributed by atoms with Gasteiger partial charge in [-0.15, -0.1) is 0 Å². The second-order valence-electron chi connectivity index (χ2n) is 5.21. The zero-order valence-corrected chi connectivity index (χ0v) is 14.3. The largest absolute Gasteiger partial charge is 0.272 e. The number of thioether (sulfide) groups is 1. The Labute approximate surface area is 150 Å². The SMILES string of the molecule is O=C(CSc1ccc2ccccc2n1)NN=CC=Cc1ccccc1. The number of carbonyl (C=O) groups excluding carboxylic acids is 1. The summed E-state index contributed by atoms with van der Waals surface area (Å²) < 4.78 is 0. The van der Waals surface area contributed by atoms with Crippen LogP contribution in [0, 0.1) is 0 Å². The molecule has 0 saturated carbocycles. The number of hydrogen-bond donors (Lipinski definition) is 1.